The Morgan fingerprint density at radius 1 is 1.21 bits per heavy atom. The topological polar surface area (TPSA) is 123 Å². The molecule has 0 atom stereocenters. The third-order valence-corrected chi connectivity index (χ3v) is 3.88. The Balaban J connectivity index is 1.93. The Morgan fingerprint density at radius 2 is 1.89 bits per heavy atom. The number of nitro benzene ring substituents is 1. The molecule has 0 bridgehead atoms. The van der Waals surface area contributed by atoms with E-state index < -0.39 is 10.8 Å². The van der Waals surface area contributed by atoms with Gasteiger partial charge in [0.05, 0.1) is 29.2 Å². The van der Waals surface area contributed by atoms with Crippen molar-refractivity contribution in [2.24, 2.45) is 5.10 Å². The summed E-state index contributed by atoms with van der Waals surface area (Å²) in [6.07, 6.45) is -0.0753. The molecule has 0 heterocycles. The van der Waals surface area contributed by atoms with Crippen molar-refractivity contribution in [1.82, 2.24) is 5.43 Å². The molecular weight excluding hydrogens is 388 g/mol. The van der Waals surface area contributed by atoms with Gasteiger partial charge in [0.15, 0.2) is 0 Å². The van der Waals surface area contributed by atoms with E-state index in [1.54, 1.807) is 25.1 Å². The monoisotopic (exact) mass is 404 g/mol. The molecule has 0 aliphatic carbocycles. The highest BCUT2D eigenvalue weighted by molar-refractivity contribution is 6.33. The number of amides is 2. The van der Waals surface area contributed by atoms with Crippen LogP contribution in [0.3, 0.4) is 0 Å². The maximum absolute atomic E-state index is 12.1. The highest BCUT2D eigenvalue weighted by Gasteiger charge is 2.11. The van der Waals surface area contributed by atoms with E-state index in [0.717, 1.165) is 0 Å². The minimum absolute atomic E-state index is 0.0753. The zero-order chi connectivity index (χ0) is 20.7. The number of rotatable bonds is 7. The third-order valence-electron chi connectivity index (χ3n) is 3.55. The number of hydrogen-bond donors (Lipinski definition) is 2. The summed E-state index contributed by atoms with van der Waals surface area (Å²) < 4.78 is 5.08. The molecule has 0 aromatic heterocycles. The number of anilines is 1. The van der Waals surface area contributed by atoms with Gasteiger partial charge in [-0.05, 0) is 31.2 Å². The standard InChI is InChI=1S/C18H17ClN4O5/c1-11(9-17(24)20-16-10-14(28-2)7-8-15(16)19)21-22-18(25)12-3-5-13(6-4-12)23(26)27/h3-8,10H,9H2,1-2H3,(H,20,24)(H,22,25). The number of hydrogen-bond acceptors (Lipinski definition) is 6. The van der Waals surface area contributed by atoms with Gasteiger partial charge < -0.3 is 10.1 Å². The smallest absolute Gasteiger partial charge is 0.271 e. The minimum Gasteiger partial charge on any atom is -0.497 e. The van der Waals surface area contributed by atoms with Gasteiger partial charge in [-0.15, -0.1) is 0 Å². The Morgan fingerprint density at radius 3 is 2.50 bits per heavy atom. The quantitative estimate of drug-likeness (QED) is 0.416. The summed E-state index contributed by atoms with van der Waals surface area (Å²) in [7, 11) is 1.50. The molecule has 2 aromatic carbocycles. The fourth-order valence-electron chi connectivity index (χ4n) is 2.14. The lowest BCUT2D eigenvalue weighted by atomic mass is 10.2. The van der Waals surface area contributed by atoms with Gasteiger partial charge >= 0.3 is 0 Å². The van der Waals surface area contributed by atoms with E-state index >= 15 is 0 Å². The van der Waals surface area contributed by atoms with Crippen LogP contribution in [0.2, 0.25) is 5.02 Å². The molecule has 0 saturated heterocycles. The molecule has 0 fully saturated rings. The van der Waals surface area contributed by atoms with E-state index in [4.69, 9.17) is 16.3 Å². The Hall–Kier alpha value is -3.46. The fraction of sp³-hybridized carbons (Fsp3) is 0.167. The van der Waals surface area contributed by atoms with Crippen molar-refractivity contribution in [1.29, 1.82) is 0 Å². The zero-order valence-electron chi connectivity index (χ0n) is 15.1. The molecule has 0 aliphatic heterocycles. The number of nitro groups is 1. The SMILES string of the molecule is COc1ccc(Cl)c(NC(=O)CC(C)=NNC(=O)c2ccc([N+](=O)[O-])cc2)c1. The number of carbonyl (C=O) groups is 2. The Kier molecular flexibility index (Phi) is 7.05. The van der Waals surface area contributed by atoms with Gasteiger partial charge in [0.2, 0.25) is 5.91 Å². The number of halogens is 1. The van der Waals surface area contributed by atoms with Crippen molar-refractivity contribution >= 4 is 40.5 Å². The number of ether oxygens (including phenoxy) is 1. The summed E-state index contributed by atoms with van der Waals surface area (Å²) in [6, 6.07) is 9.92. The maximum Gasteiger partial charge on any atom is 0.271 e. The molecule has 0 spiro atoms. The van der Waals surface area contributed by atoms with Gasteiger partial charge in [-0.25, -0.2) is 5.43 Å². The van der Waals surface area contributed by atoms with Crippen molar-refractivity contribution in [2.45, 2.75) is 13.3 Å². The summed E-state index contributed by atoms with van der Waals surface area (Å²) in [6.45, 7) is 1.57. The van der Waals surface area contributed by atoms with Gasteiger partial charge in [0, 0.05) is 29.5 Å². The second-order valence-corrected chi connectivity index (χ2v) is 6.07. The Labute approximate surface area is 165 Å². The number of carbonyl (C=O) groups excluding carboxylic acids is 2. The van der Waals surface area contributed by atoms with E-state index in [0.29, 0.717) is 22.2 Å². The van der Waals surface area contributed by atoms with Crippen LogP contribution < -0.4 is 15.5 Å². The highest BCUT2D eigenvalue weighted by Crippen LogP contribution is 2.26. The van der Waals surface area contributed by atoms with Gasteiger partial charge in [0.1, 0.15) is 5.75 Å². The van der Waals surface area contributed by atoms with Gasteiger partial charge in [-0.3, -0.25) is 19.7 Å². The fourth-order valence-corrected chi connectivity index (χ4v) is 2.30. The van der Waals surface area contributed by atoms with Crippen molar-refractivity contribution in [3.8, 4) is 5.75 Å². The average molecular weight is 405 g/mol. The summed E-state index contributed by atoms with van der Waals surface area (Å²) >= 11 is 6.04. The number of benzene rings is 2. The first-order chi connectivity index (χ1) is 13.3. The van der Waals surface area contributed by atoms with E-state index in [2.05, 4.69) is 15.8 Å². The lowest BCUT2D eigenvalue weighted by Crippen LogP contribution is -2.21. The molecule has 0 aliphatic rings. The highest BCUT2D eigenvalue weighted by atomic mass is 35.5. The van der Waals surface area contributed by atoms with Gasteiger partial charge in [-0.2, -0.15) is 5.10 Å². The van der Waals surface area contributed by atoms with Crippen molar-refractivity contribution in [3.05, 3.63) is 63.2 Å². The van der Waals surface area contributed by atoms with Gasteiger partial charge in [0.25, 0.3) is 11.6 Å². The molecule has 0 unspecified atom stereocenters. The molecule has 2 amide bonds. The molecule has 2 rings (SSSR count). The molecule has 28 heavy (non-hydrogen) atoms. The van der Waals surface area contributed by atoms with Crippen LogP contribution >= 0.6 is 11.6 Å². The van der Waals surface area contributed by atoms with Crippen LogP contribution in [0.1, 0.15) is 23.7 Å². The van der Waals surface area contributed by atoms with Crippen molar-refractivity contribution in [3.63, 3.8) is 0 Å². The first-order valence-electron chi connectivity index (χ1n) is 8.01. The van der Waals surface area contributed by atoms with Crippen LogP contribution in [0.5, 0.6) is 5.75 Å². The predicted molar refractivity (Wildman–Crippen MR) is 105 cm³/mol. The first-order valence-corrected chi connectivity index (χ1v) is 8.39. The number of non-ortho nitro benzene ring substituents is 1. The van der Waals surface area contributed by atoms with Crippen molar-refractivity contribution < 1.29 is 19.2 Å². The second kappa shape index (κ2) is 9.47. The van der Waals surface area contributed by atoms with Crippen LogP contribution in [-0.4, -0.2) is 29.6 Å². The van der Waals surface area contributed by atoms with Crippen LogP contribution in [0, 0.1) is 10.1 Å². The molecule has 2 aromatic rings. The number of hydrazone groups is 1. The normalized spacial score (nSPS) is 10.9. The van der Waals surface area contributed by atoms with Gasteiger partial charge in [-0.1, -0.05) is 11.6 Å². The first kappa shape index (κ1) is 20.8. The lowest BCUT2D eigenvalue weighted by Gasteiger charge is -2.09. The lowest BCUT2D eigenvalue weighted by molar-refractivity contribution is -0.384. The zero-order valence-corrected chi connectivity index (χ0v) is 15.8. The van der Waals surface area contributed by atoms with Crippen LogP contribution in [0.4, 0.5) is 11.4 Å². The minimum atomic E-state index is -0.558. The number of nitrogens with one attached hydrogen (secondary N) is 2. The van der Waals surface area contributed by atoms with Crippen molar-refractivity contribution in [2.75, 3.05) is 12.4 Å². The third kappa shape index (κ3) is 5.78. The molecule has 146 valence electrons. The van der Waals surface area contributed by atoms with Crippen LogP contribution in [0.15, 0.2) is 47.6 Å². The second-order valence-electron chi connectivity index (χ2n) is 5.66. The summed E-state index contributed by atoms with van der Waals surface area (Å²) in [5.74, 6) is -0.382. The molecule has 10 heteroatoms. The number of nitrogens with zero attached hydrogens (tertiary/aromatic N) is 2. The predicted octanol–water partition coefficient (Wildman–Crippen LogP) is 3.39. The maximum atomic E-state index is 12.1. The van der Waals surface area contributed by atoms with Crippen LogP contribution in [-0.2, 0) is 4.79 Å². The summed E-state index contributed by atoms with van der Waals surface area (Å²) in [5, 5.41) is 17.5. The summed E-state index contributed by atoms with van der Waals surface area (Å²) in [4.78, 5) is 34.2. The molecule has 2 N–H and O–H groups in total. The average Bonchev–Trinajstić information content (AvgIpc) is 2.67. The van der Waals surface area contributed by atoms with E-state index in [1.807, 2.05) is 0 Å². The van der Waals surface area contributed by atoms with E-state index in [1.165, 1.54) is 31.4 Å². The van der Waals surface area contributed by atoms with E-state index in [-0.39, 0.29) is 23.6 Å². The summed E-state index contributed by atoms with van der Waals surface area (Å²) in [5.41, 5.74) is 3.13. The molecule has 0 radical (unpaired) electrons. The van der Waals surface area contributed by atoms with E-state index in [9.17, 15) is 19.7 Å². The molecule has 0 saturated carbocycles. The Bertz CT molecular complexity index is 928. The van der Waals surface area contributed by atoms with Crippen LogP contribution in [0.25, 0.3) is 0 Å². The number of methoxy groups -OCH3 is 1. The molecule has 9 nitrogen and oxygen atoms in total. The molecular formula is C18H17ClN4O5. The largest absolute Gasteiger partial charge is 0.497 e.